The minimum absolute atomic E-state index is 0.0676. The summed E-state index contributed by atoms with van der Waals surface area (Å²) in [6, 6.07) is 13.5. The maximum atomic E-state index is 10.6. The SMILES string of the molecule is Cc1cc([N+](=O)[O-])ccc1C=Nc1ccc(C#N)cc1. The van der Waals surface area contributed by atoms with Gasteiger partial charge in [-0.1, -0.05) is 0 Å². The highest BCUT2D eigenvalue weighted by atomic mass is 16.6. The molecule has 0 atom stereocenters. The van der Waals surface area contributed by atoms with Crippen LogP contribution < -0.4 is 0 Å². The van der Waals surface area contributed by atoms with Gasteiger partial charge in [-0.2, -0.15) is 5.26 Å². The minimum Gasteiger partial charge on any atom is -0.258 e. The van der Waals surface area contributed by atoms with E-state index in [2.05, 4.69) is 4.99 Å². The van der Waals surface area contributed by atoms with Gasteiger partial charge in [0.15, 0.2) is 0 Å². The van der Waals surface area contributed by atoms with Crippen LogP contribution in [0.1, 0.15) is 16.7 Å². The number of nitrogens with zero attached hydrogens (tertiary/aromatic N) is 3. The predicted octanol–water partition coefficient (Wildman–Crippen LogP) is 3.53. The standard InChI is InChI=1S/C15H11N3O2/c1-11-8-15(18(19)20)7-4-13(11)10-17-14-5-2-12(9-16)3-6-14/h2-8,10H,1H3. The highest BCUT2D eigenvalue weighted by molar-refractivity contribution is 5.84. The molecule has 0 spiro atoms. The number of nitro groups is 1. The predicted molar refractivity (Wildman–Crippen MR) is 76.2 cm³/mol. The van der Waals surface area contributed by atoms with Crippen molar-refractivity contribution < 1.29 is 4.92 Å². The van der Waals surface area contributed by atoms with Gasteiger partial charge in [-0.25, -0.2) is 0 Å². The minimum atomic E-state index is -0.422. The van der Waals surface area contributed by atoms with Gasteiger partial charge in [0.05, 0.1) is 22.2 Å². The molecule has 5 nitrogen and oxygen atoms in total. The molecule has 2 rings (SSSR count). The van der Waals surface area contributed by atoms with Crippen molar-refractivity contribution >= 4 is 17.6 Å². The van der Waals surface area contributed by atoms with Crippen LogP contribution in [0.3, 0.4) is 0 Å². The molecule has 0 aromatic heterocycles. The summed E-state index contributed by atoms with van der Waals surface area (Å²) < 4.78 is 0. The second kappa shape index (κ2) is 5.76. The van der Waals surface area contributed by atoms with Crippen molar-refractivity contribution in [1.82, 2.24) is 0 Å². The Kier molecular flexibility index (Phi) is 3.87. The van der Waals surface area contributed by atoms with Gasteiger partial charge in [0, 0.05) is 18.3 Å². The molecule has 2 aromatic rings. The molecule has 2 aromatic carbocycles. The Morgan fingerprint density at radius 3 is 2.50 bits per heavy atom. The van der Waals surface area contributed by atoms with Crippen molar-refractivity contribution in [3.8, 4) is 6.07 Å². The van der Waals surface area contributed by atoms with Crippen LogP contribution in [-0.2, 0) is 0 Å². The van der Waals surface area contributed by atoms with Crippen molar-refractivity contribution in [2.45, 2.75) is 6.92 Å². The molecular weight excluding hydrogens is 254 g/mol. The van der Waals surface area contributed by atoms with Crippen LogP contribution in [-0.4, -0.2) is 11.1 Å². The molecule has 20 heavy (non-hydrogen) atoms. The van der Waals surface area contributed by atoms with Crippen molar-refractivity contribution in [3.63, 3.8) is 0 Å². The zero-order valence-corrected chi connectivity index (χ0v) is 10.8. The average molecular weight is 265 g/mol. The van der Waals surface area contributed by atoms with Gasteiger partial charge < -0.3 is 0 Å². The molecule has 0 saturated carbocycles. The third kappa shape index (κ3) is 3.06. The van der Waals surface area contributed by atoms with E-state index < -0.39 is 4.92 Å². The zero-order valence-electron chi connectivity index (χ0n) is 10.8. The number of rotatable bonds is 3. The summed E-state index contributed by atoms with van der Waals surface area (Å²) in [7, 11) is 0. The van der Waals surface area contributed by atoms with E-state index in [1.807, 2.05) is 6.07 Å². The summed E-state index contributed by atoms with van der Waals surface area (Å²) in [6.07, 6.45) is 1.65. The van der Waals surface area contributed by atoms with Crippen molar-refractivity contribution in [2.75, 3.05) is 0 Å². The van der Waals surface area contributed by atoms with E-state index in [1.165, 1.54) is 12.1 Å². The highest BCUT2D eigenvalue weighted by Gasteiger charge is 2.06. The number of nitriles is 1. The fourth-order valence-electron chi connectivity index (χ4n) is 1.68. The van der Waals surface area contributed by atoms with Crippen LogP contribution >= 0.6 is 0 Å². The molecule has 0 bridgehead atoms. The number of benzene rings is 2. The van der Waals surface area contributed by atoms with E-state index in [0.29, 0.717) is 5.56 Å². The first-order valence-corrected chi connectivity index (χ1v) is 5.89. The Morgan fingerprint density at radius 2 is 1.95 bits per heavy atom. The number of aryl methyl sites for hydroxylation is 1. The Hall–Kier alpha value is -3.00. The van der Waals surface area contributed by atoms with Gasteiger partial charge in [0.2, 0.25) is 0 Å². The number of hydrogen-bond donors (Lipinski definition) is 0. The third-order valence-corrected chi connectivity index (χ3v) is 2.81. The molecule has 0 unspecified atom stereocenters. The topological polar surface area (TPSA) is 79.3 Å². The lowest BCUT2D eigenvalue weighted by molar-refractivity contribution is -0.384. The summed E-state index contributed by atoms with van der Waals surface area (Å²) in [5.41, 5.74) is 2.98. The summed E-state index contributed by atoms with van der Waals surface area (Å²) in [6.45, 7) is 1.80. The van der Waals surface area contributed by atoms with Crippen molar-refractivity contribution in [2.24, 2.45) is 4.99 Å². The quantitative estimate of drug-likeness (QED) is 0.483. The van der Waals surface area contributed by atoms with Crippen LogP contribution in [0.5, 0.6) is 0 Å². The molecule has 0 fully saturated rings. The van der Waals surface area contributed by atoms with Crippen LogP contribution in [0.25, 0.3) is 0 Å². The Labute approximate surface area is 116 Å². The molecule has 0 aliphatic carbocycles. The maximum absolute atomic E-state index is 10.6. The van der Waals surface area contributed by atoms with Gasteiger partial charge in [0.25, 0.3) is 5.69 Å². The highest BCUT2D eigenvalue weighted by Crippen LogP contribution is 2.17. The van der Waals surface area contributed by atoms with Gasteiger partial charge >= 0.3 is 0 Å². The largest absolute Gasteiger partial charge is 0.269 e. The first-order chi connectivity index (χ1) is 9.60. The Balaban J connectivity index is 2.22. The third-order valence-electron chi connectivity index (χ3n) is 2.81. The molecule has 0 aliphatic rings. The number of hydrogen-bond acceptors (Lipinski definition) is 4. The van der Waals surface area contributed by atoms with Crippen molar-refractivity contribution in [1.29, 1.82) is 5.26 Å². The van der Waals surface area contributed by atoms with E-state index >= 15 is 0 Å². The molecule has 5 heteroatoms. The first kappa shape index (κ1) is 13.4. The average Bonchev–Trinajstić information content (AvgIpc) is 2.46. The molecule has 0 amide bonds. The Morgan fingerprint density at radius 1 is 1.25 bits per heavy atom. The van der Waals surface area contributed by atoms with Gasteiger partial charge in [-0.15, -0.1) is 0 Å². The van der Waals surface area contributed by atoms with E-state index in [-0.39, 0.29) is 5.69 Å². The van der Waals surface area contributed by atoms with Gasteiger partial charge in [-0.05, 0) is 48.4 Å². The number of non-ortho nitro benzene ring substituents is 1. The zero-order chi connectivity index (χ0) is 14.5. The molecule has 0 saturated heterocycles. The van der Waals surface area contributed by atoms with Crippen molar-refractivity contribution in [3.05, 3.63) is 69.3 Å². The van der Waals surface area contributed by atoms with Crippen LogP contribution in [0, 0.1) is 28.4 Å². The maximum Gasteiger partial charge on any atom is 0.269 e. The summed E-state index contributed by atoms with van der Waals surface area (Å²) >= 11 is 0. The molecular formula is C15H11N3O2. The summed E-state index contributed by atoms with van der Waals surface area (Å²) in [5, 5.41) is 19.3. The first-order valence-electron chi connectivity index (χ1n) is 5.89. The molecule has 0 aliphatic heterocycles. The van der Waals surface area contributed by atoms with E-state index in [4.69, 9.17) is 5.26 Å². The molecule has 0 heterocycles. The Bertz CT molecular complexity index is 713. The fraction of sp³-hybridized carbons (Fsp3) is 0.0667. The normalized spacial score (nSPS) is 10.4. The van der Waals surface area contributed by atoms with E-state index in [9.17, 15) is 10.1 Å². The van der Waals surface area contributed by atoms with E-state index in [1.54, 1.807) is 43.5 Å². The lowest BCUT2D eigenvalue weighted by Gasteiger charge is -2.00. The van der Waals surface area contributed by atoms with Crippen LogP contribution in [0.4, 0.5) is 11.4 Å². The second-order valence-electron chi connectivity index (χ2n) is 4.21. The van der Waals surface area contributed by atoms with Gasteiger partial charge in [0.1, 0.15) is 0 Å². The lowest BCUT2D eigenvalue weighted by Crippen LogP contribution is -1.92. The van der Waals surface area contributed by atoms with Crippen LogP contribution in [0.2, 0.25) is 0 Å². The second-order valence-corrected chi connectivity index (χ2v) is 4.21. The number of nitro benzene ring substituents is 1. The smallest absolute Gasteiger partial charge is 0.258 e. The lowest BCUT2D eigenvalue weighted by atomic mass is 10.1. The number of aliphatic imine (C=N–C) groups is 1. The molecule has 98 valence electrons. The fourth-order valence-corrected chi connectivity index (χ4v) is 1.68. The summed E-state index contributed by atoms with van der Waals surface area (Å²) in [5.74, 6) is 0. The summed E-state index contributed by atoms with van der Waals surface area (Å²) in [4.78, 5) is 14.5. The molecule has 0 radical (unpaired) electrons. The molecule has 0 N–H and O–H groups in total. The van der Waals surface area contributed by atoms with E-state index in [0.717, 1.165) is 16.8 Å². The monoisotopic (exact) mass is 265 g/mol. The van der Waals surface area contributed by atoms with Crippen LogP contribution in [0.15, 0.2) is 47.5 Å². The van der Waals surface area contributed by atoms with Gasteiger partial charge in [-0.3, -0.25) is 15.1 Å².